The largest absolute Gasteiger partial charge is 0.469 e. The highest BCUT2D eigenvalue weighted by molar-refractivity contribution is 4.99. The molecule has 1 unspecified atom stereocenters. The zero-order valence-electron chi connectivity index (χ0n) is 13.0. The molecule has 0 aliphatic heterocycles. The fourth-order valence-electron chi connectivity index (χ4n) is 2.73. The van der Waals surface area contributed by atoms with Gasteiger partial charge in [0, 0.05) is 6.42 Å². The van der Waals surface area contributed by atoms with Crippen LogP contribution in [0.25, 0.3) is 0 Å². The molecular formula is C18H32O. The van der Waals surface area contributed by atoms with Gasteiger partial charge in [-0.3, -0.25) is 0 Å². The Balaban J connectivity index is 1.97. The molecule has 1 rings (SSSR count). The minimum absolute atomic E-state index is 0.811. The van der Waals surface area contributed by atoms with E-state index in [1.54, 1.807) is 6.26 Å². The fourth-order valence-corrected chi connectivity index (χ4v) is 2.73. The summed E-state index contributed by atoms with van der Waals surface area (Å²) in [7, 11) is 0. The third-order valence-electron chi connectivity index (χ3n) is 4.11. The van der Waals surface area contributed by atoms with Crippen LogP contribution in [0.15, 0.2) is 22.8 Å². The van der Waals surface area contributed by atoms with Crippen LogP contribution in [-0.4, -0.2) is 0 Å². The van der Waals surface area contributed by atoms with Crippen molar-refractivity contribution in [1.82, 2.24) is 0 Å². The van der Waals surface area contributed by atoms with E-state index in [0.29, 0.717) is 0 Å². The van der Waals surface area contributed by atoms with Gasteiger partial charge in [0.05, 0.1) is 6.26 Å². The summed E-state index contributed by atoms with van der Waals surface area (Å²) in [5.74, 6) is 1.97. The van der Waals surface area contributed by atoms with Crippen LogP contribution in [0.2, 0.25) is 0 Å². The summed E-state index contributed by atoms with van der Waals surface area (Å²) in [6.45, 7) is 4.59. The average molecular weight is 264 g/mol. The summed E-state index contributed by atoms with van der Waals surface area (Å²) < 4.78 is 5.45. The maximum absolute atomic E-state index is 5.45. The van der Waals surface area contributed by atoms with Gasteiger partial charge in [0.1, 0.15) is 5.76 Å². The van der Waals surface area contributed by atoms with E-state index in [1.165, 1.54) is 64.2 Å². The van der Waals surface area contributed by atoms with Crippen LogP contribution in [0, 0.1) is 5.92 Å². The average Bonchev–Trinajstić information content (AvgIpc) is 2.93. The van der Waals surface area contributed by atoms with Crippen molar-refractivity contribution in [3.05, 3.63) is 24.2 Å². The first-order chi connectivity index (χ1) is 9.36. The lowest BCUT2D eigenvalue weighted by atomic mass is 9.94. The Kier molecular flexibility index (Phi) is 9.57. The van der Waals surface area contributed by atoms with E-state index in [2.05, 4.69) is 19.9 Å². The first-order valence-electron chi connectivity index (χ1n) is 8.39. The normalized spacial score (nSPS) is 12.7. The summed E-state index contributed by atoms with van der Waals surface area (Å²) in [5, 5.41) is 0. The van der Waals surface area contributed by atoms with E-state index in [1.807, 2.05) is 6.07 Å². The molecule has 0 fully saturated rings. The Morgan fingerprint density at radius 2 is 1.63 bits per heavy atom. The van der Waals surface area contributed by atoms with Crippen LogP contribution in [-0.2, 0) is 6.42 Å². The zero-order chi connectivity index (χ0) is 13.8. The van der Waals surface area contributed by atoms with Crippen LogP contribution in [0.1, 0.15) is 83.8 Å². The molecule has 1 atom stereocenters. The first kappa shape index (κ1) is 16.3. The van der Waals surface area contributed by atoms with Gasteiger partial charge in [-0.25, -0.2) is 0 Å². The molecule has 1 aromatic rings. The van der Waals surface area contributed by atoms with E-state index < -0.39 is 0 Å². The van der Waals surface area contributed by atoms with Crippen LogP contribution in [0.4, 0.5) is 0 Å². The van der Waals surface area contributed by atoms with E-state index in [0.717, 1.165) is 18.1 Å². The summed E-state index contributed by atoms with van der Waals surface area (Å²) >= 11 is 0. The molecule has 1 nitrogen and oxygen atoms in total. The Hall–Kier alpha value is -0.720. The maximum Gasteiger partial charge on any atom is 0.104 e. The zero-order valence-corrected chi connectivity index (χ0v) is 13.0. The van der Waals surface area contributed by atoms with Crippen LogP contribution < -0.4 is 0 Å². The summed E-state index contributed by atoms with van der Waals surface area (Å²) in [5.41, 5.74) is 0. The van der Waals surface area contributed by atoms with Crippen molar-refractivity contribution in [2.24, 2.45) is 5.92 Å². The maximum atomic E-state index is 5.45. The topological polar surface area (TPSA) is 13.1 Å². The second-order valence-corrected chi connectivity index (χ2v) is 5.82. The lowest BCUT2D eigenvalue weighted by Gasteiger charge is -2.13. The Morgan fingerprint density at radius 3 is 2.21 bits per heavy atom. The Morgan fingerprint density at radius 1 is 0.947 bits per heavy atom. The van der Waals surface area contributed by atoms with Crippen molar-refractivity contribution in [1.29, 1.82) is 0 Å². The van der Waals surface area contributed by atoms with E-state index in [4.69, 9.17) is 4.42 Å². The van der Waals surface area contributed by atoms with Crippen molar-refractivity contribution in [3.8, 4) is 0 Å². The third kappa shape index (κ3) is 8.13. The molecule has 0 aliphatic carbocycles. The smallest absolute Gasteiger partial charge is 0.104 e. The predicted octanol–water partition coefficient (Wildman–Crippen LogP) is 6.38. The molecule has 110 valence electrons. The summed E-state index contributed by atoms with van der Waals surface area (Å²) in [6, 6.07) is 4.11. The van der Waals surface area contributed by atoms with Gasteiger partial charge in [0.25, 0.3) is 0 Å². The van der Waals surface area contributed by atoms with Crippen molar-refractivity contribution in [2.45, 2.75) is 84.5 Å². The molecule has 0 spiro atoms. The molecule has 0 radical (unpaired) electrons. The van der Waals surface area contributed by atoms with Gasteiger partial charge in [-0.05, 0) is 18.1 Å². The molecule has 0 amide bonds. The van der Waals surface area contributed by atoms with Gasteiger partial charge >= 0.3 is 0 Å². The highest BCUT2D eigenvalue weighted by Gasteiger charge is 2.08. The minimum atomic E-state index is 0.811. The third-order valence-corrected chi connectivity index (χ3v) is 4.11. The monoisotopic (exact) mass is 264 g/mol. The number of furan rings is 1. The molecule has 0 saturated heterocycles. The molecule has 0 saturated carbocycles. The van der Waals surface area contributed by atoms with Gasteiger partial charge in [-0.1, -0.05) is 78.1 Å². The van der Waals surface area contributed by atoms with E-state index in [9.17, 15) is 0 Å². The lowest BCUT2D eigenvalue weighted by Crippen LogP contribution is -2.02. The number of rotatable bonds is 12. The quantitative estimate of drug-likeness (QED) is 0.399. The molecule has 1 heteroatoms. The second-order valence-electron chi connectivity index (χ2n) is 5.82. The lowest BCUT2D eigenvalue weighted by molar-refractivity contribution is 0.393. The van der Waals surface area contributed by atoms with Gasteiger partial charge in [0.15, 0.2) is 0 Å². The number of hydrogen-bond acceptors (Lipinski definition) is 1. The van der Waals surface area contributed by atoms with Gasteiger partial charge in [0.2, 0.25) is 0 Å². The highest BCUT2D eigenvalue weighted by Crippen LogP contribution is 2.20. The highest BCUT2D eigenvalue weighted by atomic mass is 16.3. The van der Waals surface area contributed by atoms with Crippen molar-refractivity contribution < 1.29 is 4.42 Å². The summed E-state index contributed by atoms with van der Waals surface area (Å²) in [6.07, 6.45) is 16.9. The van der Waals surface area contributed by atoms with Crippen molar-refractivity contribution >= 4 is 0 Å². The van der Waals surface area contributed by atoms with Gasteiger partial charge in [-0.15, -0.1) is 0 Å². The molecule has 0 N–H and O–H groups in total. The van der Waals surface area contributed by atoms with Crippen molar-refractivity contribution in [2.75, 3.05) is 0 Å². The van der Waals surface area contributed by atoms with Gasteiger partial charge in [-0.2, -0.15) is 0 Å². The molecule has 0 aliphatic rings. The summed E-state index contributed by atoms with van der Waals surface area (Å²) in [4.78, 5) is 0. The molecule has 1 aromatic heterocycles. The molecule has 0 aromatic carbocycles. The SMILES string of the molecule is CCCCCCCCCCC(CC)Cc1ccco1. The van der Waals surface area contributed by atoms with Gasteiger partial charge < -0.3 is 4.42 Å². The van der Waals surface area contributed by atoms with Crippen LogP contribution >= 0.6 is 0 Å². The fraction of sp³-hybridized carbons (Fsp3) is 0.778. The molecule has 19 heavy (non-hydrogen) atoms. The predicted molar refractivity (Wildman–Crippen MR) is 83.4 cm³/mol. The standard InChI is InChI=1S/C18H32O/c1-3-5-6-7-8-9-10-11-13-17(4-2)16-18-14-12-15-19-18/h12,14-15,17H,3-11,13,16H2,1-2H3. The first-order valence-corrected chi connectivity index (χ1v) is 8.39. The van der Waals surface area contributed by atoms with E-state index in [-0.39, 0.29) is 0 Å². The minimum Gasteiger partial charge on any atom is -0.469 e. The van der Waals surface area contributed by atoms with Crippen molar-refractivity contribution in [3.63, 3.8) is 0 Å². The number of unbranched alkanes of at least 4 members (excludes halogenated alkanes) is 7. The van der Waals surface area contributed by atoms with Crippen LogP contribution in [0.3, 0.4) is 0 Å². The molecule has 0 bridgehead atoms. The molecule has 1 heterocycles. The van der Waals surface area contributed by atoms with Crippen LogP contribution in [0.5, 0.6) is 0 Å². The Labute approximate surface area is 119 Å². The van der Waals surface area contributed by atoms with E-state index >= 15 is 0 Å². The second kappa shape index (κ2) is 11.1. The molecular weight excluding hydrogens is 232 g/mol. The Bertz CT molecular complexity index is 276. The number of hydrogen-bond donors (Lipinski definition) is 0.